The van der Waals surface area contributed by atoms with Crippen molar-refractivity contribution in [3.8, 4) is 0 Å². The van der Waals surface area contributed by atoms with Gasteiger partial charge in [0.2, 0.25) is 0 Å². The molecule has 0 bridgehead atoms. The maximum absolute atomic E-state index is 13.0. The van der Waals surface area contributed by atoms with Gasteiger partial charge in [0.05, 0.1) is 18.2 Å². The van der Waals surface area contributed by atoms with E-state index in [0.717, 1.165) is 25.9 Å². The van der Waals surface area contributed by atoms with Gasteiger partial charge >= 0.3 is 12.0 Å². The van der Waals surface area contributed by atoms with E-state index in [1.54, 1.807) is 30.0 Å². The molecule has 0 aromatic heterocycles. The Labute approximate surface area is 175 Å². The molecule has 6 nitrogen and oxygen atoms in total. The van der Waals surface area contributed by atoms with Gasteiger partial charge < -0.3 is 10.1 Å². The average Bonchev–Trinajstić information content (AvgIpc) is 3.15. The van der Waals surface area contributed by atoms with Crippen LogP contribution >= 0.6 is 23.2 Å². The van der Waals surface area contributed by atoms with Gasteiger partial charge in [-0.15, -0.1) is 0 Å². The molecule has 1 saturated heterocycles. The number of halogens is 2. The Morgan fingerprint density at radius 2 is 1.96 bits per heavy atom. The van der Waals surface area contributed by atoms with E-state index in [1.807, 2.05) is 6.92 Å². The molecule has 2 aliphatic heterocycles. The van der Waals surface area contributed by atoms with E-state index in [1.165, 1.54) is 0 Å². The summed E-state index contributed by atoms with van der Waals surface area (Å²) in [7, 11) is 0. The van der Waals surface area contributed by atoms with Crippen molar-refractivity contribution in [3.05, 3.63) is 45.1 Å². The lowest BCUT2D eigenvalue weighted by atomic mass is 9.94. The van der Waals surface area contributed by atoms with E-state index in [2.05, 4.69) is 10.2 Å². The molecule has 0 spiro atoms. The minimum Gasteiger partial charge on any atom is -0.463 e. The fourth-order valence-corrected chi connectivity index (χ4v) is 4.30. The minimum absolute atomic E-state index is 0.249. The van der Waals surface area contributed by atoms with Crippen LogP contribution in [0.25, 0.3) is 0 Å². The largest absolute Gasteiger partial charge is 0.463 e. The van der Waals surface area contributed by atoms with E-state index < -0.39 is 12.0 Å². The van der Waals surface area contributed by atoms with Crippen LogP contribution in [-0.2, 0) is 9.53 Å². The van der Waals surface area contributed by atoms with E-state index in [4.69, 9.17) is 27.9 Å². The molecule has 3 rings (SSSR count). The second-order valence-electron chi connectivity index (χ2n) is 6.86. The van der Waals surface area contributed by atoms with Gasteiger partial charge in [-0.1, -0.05) is 29.3 Å². The Morgan fingerprint density at radius 1 is 1.25 bits per heavy atom. The molecular formula is C20H25Cl2N3O3. The Kier molecular flexibility index (Phi) is 6.86. The second-order valence-corrected chi connectivity index (χ2v) is 7.70. The number of esters is 1. The molecule has 0 saturated carbocycles. The van der Waals surface area contributed by atoms with Crippen molar-refractivity contribution in [3.63, 3.8) is 0 Å². The summed E-state index contributed by atoms with van der Waals surface area (Å²) in [5.74, 6) is -0.439. The molecule has 1 fully saturated rings. The molecule has 1 N–H and O–H groups in total. The van der Waals surface area contributed by atoms with E-state index in [-0.39, 0.29) is 12.6 Å². The normalized spacial score (nSPS) is 20.5. The number of carbonyl (C=O) groups excluding carboxylic acids is 2. The van der Waals surface area contributed by atoms with Crippen molar-refractivity contribution < 1.29 is 14.3 Å². The lowest BCUT2D eigenvalue weighted by Crippen LogP contribution is -2.50. The summed E-state index contributed by atoms with van der Waals surface area (Å²) >= 11 is 12.4. The number of hydrogen-bond donors (Lipinski definition) is 1. The standard InChI is InChI=1S/C20H25Cl2N3O3/c1-3-25-16(12-24-9-5-6-10-24)17(19(26)28-4-2)18(23-20(25)27)14-8-7-13(21)11-15(14)22/h7-8,11,18H,3-6,9-10,12H2,1-2H3,(H,23,27). The molecule has 1 unspecified atom stereocenters. The van der Waals surface area contributed by atoms with Gasteiger partial charge in [0, 0.05) is 28.8 Å². The number of likely N-dealkylation sites (tertiary alicyclic amines) is 1. The molecule has 152 valence electrons. The number of benzene rings is 1. The van der Waals surface area contributed by atoms with E-state index in [9.17, 15) is 9.59 Å². The summed E-state index contributed by atoms with van der Waals surface area (Å²) in [6.45, 7) is 6.79. The van der Waals surface area contributed by atoms with Crippen molar-refractivity contribution >= 4 is 35.2 Å². The molecule has 2 aliphatic rings. The summed E-state index contributed by atoms with van der Waals surface area (Å²) in [6.07, 6.45) is 2.24. The molecule has 0 aliphatic carbocycles. The number of nitrogens with zero attached hydrogens (tertiary/aromatic N) is 2. The number of hydrogen-bond acceptors (Lipinski definition) is 4. The third-order valence-electron chi connectivity index (χ3n) is 5.10. The predicted molar refractivity (Wildman–Crippen MR) is 109 cm³/mol. The molecule has 1 aromatic carbocycles. The number of nitrogens with one attached hydrogen (secondary N) is 1. The maximum Gasteiger partial charge on any atom is 0.338 e. The van der Waals surface area contributed by atoms with Gasteiger partial charge in [0.1, 0.15) is 0 Å². The van der Waals surface area contributed by atoms with Crippen molar-refractivity contribution in [2.75, 3.05) is 32.8 Å². The Bertz CT molecular complexity index is 791. The minimum atomic E-state index is -0.684. The first-order valence-electron chi connectivity index (χ1n) is 9.61. The summed E-state index contributed by atoms with van der Waals surface area (Å²) < 4.78 is 5.36. The van der Waals surface area contributed by atoms with Crippen molar-refractivity contribution in [1.29, 1.82) is 0 Å². The molecule has 2 amide bonds. The fourth-order valence-electron chi connectivity index (χ4n) is 3.78. The first kappa shape index (κ1) is 21.0. The summed E-state index contributed by atoms with van der Waals surface area (Å²) in [6, 6.07) is 4.12. The van der Waals surface area contributed by atoms with Gasteiger partial charge in [-0.2, -0.15) is 0 Å². The topological polar surface area (TPSA) is 61.9 Å². The highest BCUT2D eigenvalue weighted by Crippen LogP contribution is 2.36. The van der Waals surface area contributed by atoms with Crippen molar-refractivity contribution in [2.45, 2.75) is 32.7 Å². The number of likely N-dealkylation sites (N-methyl/N-ethyl adjacent to an activating group) is 1. The van der Waals surface area contributed by atoms with Crippen LogP contribution in [0, 0.1) is 0 Å². The number of ether oxygens (including phenoxy) is 1. The lowest BCUT2D eigenvalue weighted by Gasteiger charge is -2.37. The molecule has 1 atom stereocenters. The molecule has 1 aromatic rings. The maximum atomic E-state index is 13.0. The first-order chi connectivity index (χ1) is 13.5. The zero-order valence-electron chi connectivity index (χ0n) is 16.1. The van der Waals surface area contributed by atoms with E-state index >= 15 is 0 Å². The lowest BCUT2D eigenvalue weighted by molar-refractivity contribution is -0.139. The number of amides is 2. The van der Waals surface area contributed by atoms with Crippen LogP contribution in [0.5, 0.6) is 0 Å². The monoisotopic (exact) mass is 425 g/mol. The smallest absolute Gasteiger partial charge is 0.338 e. The Morgan fingerprint density at radius 3 is 2.57 bits per heavy atom. The summed E-state index contributed by atoms with van der Waals surface area (Å²) in [4.78, 5) is 29.7. The van der Waals surface area contributed by atoms with Crippen LogP contribution in [0.3, 0.4) is 0 Å². The second kappa shape index (κ2) is 9.16. The van der Waals surface area contributed by atoms with Crippen LogP contribution in [-0.4, -0.2) is 54.6 Å². The van der Waals surface area contributed by atoms with Gasteiger partial charge in [0.15, 0.2) is 0 Å². The van der Waals surface area contributed by atoms with Gasteiger partial charge in [0.25, 0.3) is 0 Å². The van der Waals surface area contributed by atoms with Crippen LogP contribution in [0.15, 0.2) is 29.5 Å². The third-order valence-corrected chi connectivity index (χ3v) is 5.66. The fraction of sp³-hybridized carbons (Fsp3) is 0.500. The number of urea groups is 1. The quantitative estimate of drug-likeness (QED) is 0.699. The summed E-state index contributed by atoms with van der Waals surface area (Å²) in [5.41, 5.74) is 1.74. The van der Waals surface area contributed by atoms with Crippen molar-refractivity contribution in [1.82, 2.24) is 15.1 Å². The van der Waals surface area contributed by atoms with Crippen molar-refractivity contribution in [2.24, 2.45) is 0 Å². The van der Waals surface area contributed by atoms with Crippen LogP contribution in [0.4, 0.5) is 4.79 Å². The van der Waals surface area contributed by atoms with Crippen LogP contribution < -0.4 is 5.32 Å². The predicted octanol–water partition coefficient (Wildman–Crippen LogP) is 3.99. The molecule has 28 heavy (non-hydrogen) atoms. The van der Waals surface area contributed by atoms with Crippen LogP contribution in [0.1, 0.15) is 38.3 Å². The van der Waals surface area contributed by atoms with Crippen LogP contribution in [0.2, 0.25) is 10.0 Å². The summed E-state index contributed by atoms with van der Waals surface area (Å²) in [5, 5.41) is 3.80. The average molecular weight is 426 g/mol. The van der Waals surface area contributed by atoms with E-state index in [0.29, 0.717) is 40.0 Å². The highest BCUT2D eigenvalue weighted by atomic mass is 35.5. The zero-order valence-corrected chi connectivity index (χ0v) is 17.6. The molecular weight excluding hydrogens is 401 g/mol. The highest BCUT2D eigenvalue weighted by Gasteiger charge is 2.39. The molecule has 0 radical (unpaired) electrons. The van der Waals surface area contributed by atoms with Gasteiger partial charge in [-0.3, -0.25) is 9.80 Å². The SMILES string of the molecule is CCOC(=O)C1=C(CN2CCCC2)N(CC)C(=O)NC1c1ccc(Cl)cc1Cl. The third kappa shape index (κ3) is 4.29. The first-order valence-corrected chi connectivity index (χ1v) is 10.4. The Hall–Kier alpha value is -1.76. The van der Waals surface area contributed by atoms with Gasteiger partial charge in [-0.05, 0) is 57.5 Å². The van der Waals surface area contributed by atoms with Gasteiger partial charge in [-0.25, -0.2) is 9.59 Å². The number of carbonyl (C=O) groups is 2. The molecule has 2 heterocycles. The number of rotatable bonds is 6. The zero-order chi connectivity index (χ0) is 20.3. The highest BCUT2D eigenvalue weighted by molar-refractivity contribution is 6.35. The Balaban J connectivity index is 2.12. The molecule has 8 heteroatoms.